The van der Waals surface area contributed by atoms with E-state index in [-0.39, 0.29) is 28.9 Å². The molecule has 5 rings (SSSR count). The van der Waals surface area contributed by atoms with E-state index >= 15 is 0 Å². The quantitative estimate of drug-likeness (QED) is 0.344. The number of methoxy groups -OCH3 is 1. The summed E-state index contributed by atoms with van der Waals surface area (Å²) < 4.78 is 11.1. The van der Waals surface area contributed by atoms with Crippen molar-refractivity contribution in [1.29, 1.82) is 0 Å². The summed E-state index contributed by atoms with van der Waals surface area (Å²) in [5, 5.41) is 21.8. The van der Waals surface area contributed by atoms with E-state index in [1.807, 2.05) is 6.92 Å². The van der Waals surface area contributed by atoms with Crippen LogP contribution in [-0.2, 0) is 16.0 Å². The first-order valence-corrected chi connectivity index (χ1v) is 10.9. The highest BCUT2D eigenvalue weighted by Crippen LogP contribution is 2.45. The van der Waals surface area contributed by atoms with Gasteiger partial charge < -0.3 is 19.7 Å². The Morgan fingerprint density at radius 1 is 1.06 bits per heavy atom. The Hall–Kier alpha value is -4.26. The maximum absolute atomic E-state index is 13.3. The zero-order valence-corrected chi connectivity index (χ0v) is 18.7. The van der Waals surface area contributed by atoms with Crippen molar-refractivity contribution < 1.29 is 29.3 Å². The zero-order valence-electron chi connectivity index (χ0n) is 18.7. The van der Waals surface area contributed by atoms with Crippen molar-refractivity contribution in [2.45, 2.75) is 25.5 Å². The van der Waals surface area contributed by atoms with Crippen molar-refractivity contribution in [3.63, 3.8) is 0 Å². The van der Waals surface area contributed by atoms with E-state index in [1.54, 1.807) is 60.7 Å². The number of ether oxygens (including phenoxy) is 2. The van der Waals surface area contributed by atoms with E-state index < -0.39 is 17.7 Å². The number of rotatable bonds is 4. The number of fused-ring (bicyclic) bond motifs is 1. The molecule has 0 bridgehead atoms. The molecule has 2 aliphatic heterocycles. The van der Waals surface area contributed by atoms with E-state index in [0.717, 1.165) is 11.3 Å². The predicted molar refractivity (Wildman–Crippen MR) is 126 cm³/mol. The molecule has 2 unspecified atom stereocenters. The second kappa shape index (κ2) is 8.26. The van der Waals surface area contributed by atoms with Gasteiger partial charge in [0.2, 0.25) is 0 Å². The monoisotopic (exact) mass is 457 g/mol. The van der Waals surface area contributed by atoms with Gasteiger partial charge in [-0.1, -0.05) is 24.3 Å². The molecular formula is C27H23NO6. The smallest absolute Gasteiger partial charge is 0.300 e. The number of Topliss-reactive ketones (excluding diaryl/α,β-unsaturated/α-hetero) is 1. The molecule has 34 heavy (non-hydrogen) atoms. The summed E-state index contributed by atoms with van der Waals surface area (Å²) in [6.07, 6.45) is 0.706. The highest BCUT2D eigenvalue weighted by molar-refractivity contribution is 6.51. The second-order valence-electron chi connectivity index (χ2n) is 8.39. The van der Waals surface area contributed by atoms with Crippen molar-refractivity contribution in [1.82, 2.24) is 0 Å². The number of nitrogens with zero attached hydrogens (tertiary/aromatic N) is 1. The van der Waals surface area contributed by atoms with Crippen molar-refractivity contribution >= 4 is 23.1 Å². The number of carbonyl (C=O) groups excluding carboxylic acids is 2. The lowest BCUT2D eigenvalue weighted by Gasteiger charge is -2.26. The van der Waals surface area contributed by atoms with Crippen molar-refractivity contribution in [2.75, 3.05) is 12.0 Å². The summed E-state index contributed by atoms with van der Waals surface area (Å²) in [6.45, 7) is 1.96. The molecule has 1 amide bonds. The van der Waals surface area contributed by atoms with Crippen LogP contribution in [0, 0.1) is 0 Å². The maximum atomic E-state index is 13.3. The van der Waals surface area contributed by atoms with Crippen LogP contribution in [0.3, 0.4) is 0 Å². The first kappa shape index (κ1) is 21.6. The van der Waals surface area contributed by atoms with E-state index in [4.69, 9.17) is 9.47 Å². The normalized spacial score (nSPS) is 20.8. The molecule has 0 radical (unpaired) electrons. The number of carbonyl (C=O) groups is 2. The van der Waals surface area contributed by atoms with Crippen molar-refractivity contribution in [3.05, 3.63) is 89.0 Å². The molecule has 0 saturated carbocycles. The van der Waals surface area contributed by atoms with Crippen LogP contribution >= 0.6 is 0 Å². The SMILES string of the molecule is COc1cccc(C2/C(=C(/O)c3ccc4c(c3)CC(C)O4)C(=O)C(=O)N2c2ccccc2O)c1. The molecule has 7 heteroatoms. The first-order valence-electron chi connectivity index (χ1n) is 10.9. The third-order valence-corrected chi connectivity index (χ3v) is 6.16. The number of aliphatic hydroxyl groups excluding tert-OH is 1. The Bertz CT molecular complexity index is 1340. The lowest BCUT2D eigenvalue weighted by atomic mass is 9.94. The minimum absolute atomic E-state index is 0.0239. The number of aromatic hydroxyl groups is 1. The molecule has 1 saturated heterocycles. The minimum atomic E-state index is -0.966. The van der Waals surface area contributed by atoms with Crippen LogP contribution in [0.1, 0.15) is 29.7 Å². The Balaban J connectivity index is 1.71. The fourth-order valence-corrected chi connectivity index (χ4v) is 4.60. The first-order chi connectivity index (χ1) is 16.4. The third-order valence-electron chi connectivity index (χ3n) is 6.16. The van der Waals surface area contributed by atoms with Crippen LogP contribution < -0.4 is 14.4 Å². The molecule has 0 aromatic heterocycles. The molecular weight excluding hydrogens is 434 g/mol. The fraction of sp³-hybridized carbons (Fsp3) is 0.185. The van der Waals surface area contributed by atoms with Gasteiger partial charge in [0.1, 0.15) is 29.1 Å². The molecule has 0 aliphatic carbocycles. The number of benzene rings is 3. The van der Waals surface area contributed by atoms with E-state index in [0.29, 0.717) is 23.3 Å². The topological polar surface area (TPSA) is 96.3 Å². The van der Waals surface area contributed by atoms with Gasteiger partial charge in [0.15, 0.2) is 0 Å². The maximum Gasteiger partial charge on any atom is 0.300 e. The van der Waals surface area contributed by atoms with Crippen LogP contribution in [0.2, 0.25) is 0 Å². The highest BCUT2D eigenvalue weighted by atomic mass is 16.5. The molecule has 2 aliphatic rings. The molecule has 2 atom stereocenters. The van der Waals surface area contributed by atoms with Crippen LogP contribution in [0.25, 0.3) is 5.76 Å². The van der Waals surface area contributed by atoms with Gasteiger partial charge >= 0.3 is 0 Å². The number of hydrogen-bond acceptors (Lipinski definition) is 6. The van der Waals surface area contributed by atoms with Gasteiger partial charge in [0.25, 0.3) is 11.7 Å². The molecule has 2 N–H and O–H groups in total. The van der Waals surface area contributed by atoms with Gasteiger partial charge in [-0.25, -0.2) is 0 Å². The summed E-state index contributed by atoms with van der Waals surface area (Å²) in [6, 6.07) is 17.5. The van der Waals surface area contributed by atoms with Crippen molar-refractivity contribution in [2.24, 2.45) is 0 Å². The minimum Gasteiger partial charge on any atom is -0.507 e. The van der Waals surface area contributed by atoms with Crippen LogP contribution in [-0.4, -0.2) is 35.1 Å². The van der Waals surface area contributed by atoms with Gasteiger partial charge in [0.05, 0.1) is 24.4 Å². The largest absolute Gasteiger partial charge is 0.507 e. The number of anilines is 1. The highest BCUT2D eigenvalue weighted by Gasteiger charge is 2.47. The molecule has 172 valence electrons. The number of hydrogen-bond donors (Lipinski definition) is 2. The number of phenolic OH excluding ortho intramolecular Hbond substituents is 1. The number of para-hydroxylation sites is 2. The van der Waals surface area contributed by atoms with Crippen molar-refractivity contribution in [3.8, 4) is 17.2 Å². The van der Waals surface area contributed by atoms with Crippen LogP contribution in [0.4, 0.5) is 5.69 Å². The van der Waals surface area contributed by atoms with E-state index in [1.165, 1.54) is 18.1 Å². The summed E-state index contributed by atoms with van der Waals surface area (Å²) in [5.41, 5.74) is 2.01. The molecule has 1 fully saturated rings. The average Bonchev–Trinajstić information content (AvgIpc) is 3.34. The molecule has 2 heterocycles. The summed E-state index contributed by atoms with van der Waals surface area (Å²) >= 11 is 0. The summed E-state index contributed by atoms with van der Waals surface area (Å²) in [4.78, 5) is 27.8. The average molecular weight is 457 g/mol. The number of ketones is 1. The summed E-state index contributed by atoms with van der Waals surface area (Å²) in [5.74, 6) is -0.841. The fourth-order valence-electron chi connectivity index (χ4n) is 4.60. The Kier molecular flexibility index (Phi) is 5.24. The third kappa shape index (κ3) is 3.46. The van der Waals surface area contributed by atoms with Gasteiger partial charge in [0, 0.05) is 12.0 Å². The lowest BCUT2D eigenvalue weighted by molar-refractivity contribution is -0.132. The predicted octanol–water partition coefficient (Wildman–Crippen LogP) is 4.35. The van der Waals surface area contributed by atoms with Gasteiger partial charge in [-0.05, 0) is 60.5 Å². The number of phenols is 1. The van der Waals surface area contributed by atoms with Gasteiger partial charge in [-0.2, -0.15) is 0 Å². The van der Waals surface area contributed by atoms with Crippen LogP contribution in [0.15, 0.2) is 72.3 Å². The van der Waals surface area contributed by atoms with Gasteiger partial charge in [-0.3, -0.25) is 14.5 Å². The van der Waals surface area contributed by atoms with Gasteiger partial charge in [-0.15, -0.1) is 0 Å². The molecule has 3 aromatic rings. The number of aliphatic hydroxyl groups is 1. The second-order valence-corrected chi connectivity index (χ2v) is 8.39. The number of amides is 1. The Morgan fingerprint density at radius 3 is 2.62 bits per heavy atom. The molecule has 7 nitrogen and oxygen atoms in total. The molecule has 0 spiro atoms. The lowest BCUT2D eigenvalue weighted by Crippen LogP contribution is -2.29. The zero-order chi connectivity index (χ0) is 24.0. The summed E-state index contributed by atoms with van der Waals surface area (Å²) in [7, 11) is 1.52. The molecule has 3 aromatic carbocycles. The van der Waals surface area contributed by atoms with E-state index in [2.05, 4.69) is 0 Å². The Labute approximate surface area is 196 Å². The standard InChI is InChI=1S/C27H23NO6/c1-15-12-18-13-17(10-11-22(18)34-15)25(30)23-24(16-6-5-7-19(14-16)33-2)28(27(32)26(23)31)20-8-3-4-9-21(20)29/h3-11,13-15,24,29-30H,12H2,1-2H3/b25-23-. The van der Waals surface area contributed by atoms with E-state index in [9.17, 15) is 19.8 Å². The van der Waals surface area contributed by atoms with Crippen LogP contribution in [0.5, 0.6) is 17.2 Å². The Morgan fingerprint density at radius 2 is 1.85 bits per heavy atom.